The Morgan fingerprint density at radius 2 is 2.10 bits per heavy atom. The summed E-state index contributed by atoms with van der Waals surface area (Å²) >= 11 is 13.7. The van der Waals surface area contributed by atoms with E-state index < -0.39 is 0 Å². The number of fused-ring (bicyclic) bond motifs is 3. The minimum Gasteiger partial charge on any atom is -0.325 e. The predicted octanol–water partition coefficient (Wildman–Crippen LogP) is 4.77. The number of aromatic nitrogens is 2. The van der Waals surface area contributed by atoms with Crippen LogP contribution in [0.1, 0.15) is 41.9 Å². The molecular weight excluding hydrogens is 455 g/mol. The lowest BCUT2D eigenvalue weighted by atomic mass is 10.0. The number of rotatable bonds is 4. The minimum absolute atomic E-state index is 0.0618. The lowest BCUT2D eigenvalue weighted by molar-refractivity contribution is -0.122. The third kappa shape index (κ3) is 4.12. The van der Waals surface area contributed by atoms with E-state index in [1.54, 1.807) is 29.5 Å². The summed E-state index contributed by atoms with van der Waals surface area (Å²) < 4.78 is 0. The first-order chi connectivity index (χ1) is 15.0. The molecule has 9 heteroatoms. The Morgan fingerprint density at radius 1 is 1.23 bits per heavy atom. The first-order valence-electron chi connectivity index (χ1n) is 10.5. The van der Waals surface area contributed by atoms with Crippen molar-refractivity contribution in [1.82, 2.24) is 14.9 Å². The average Bonchev–Trinajstić information content (AvgIpc) is 3.32. The molecule has 162 valence electrons. The Labute approximate surface area is 193 Å². The van der Waals surface area contributed by atoms with Gasteiger partial charge in [-0.1, -0.05) is 29.6 Å². The highest BCUT2D eigenvalue weighted by atomic mass is 35.5. The van der Waals surface area contributed by atoms with Gasteiger partial charge in [-0.3, -0.25) is 14.5 Å². The third-order valence-corrected chi connectivity index (χ3v) is 8.01. The van der Waals surface area contributed by atoms with Gasteiger partial charge in [0.2, 0.25) is 5.91 Å². The van der Waals surface area contributed by atoms with E-state index in [4.69, 9.17) is 28.2 Å². The molecule has 6 nitrogen and oxygen atoms in total. The summed E-state index contributed by atoms with van der Waals surface area (Å²) in [6.07, 6.45) is 5.86. The van der Waals surface area contributed by atoms with Crippen LogP contribution in [0, 0.1) is 0 Å². The Kier molecular flexibility index (Phi) is 5.77. The van der Waals surface area contributed by atoms with Crippen LogP contribution in [0.15, 0.2) is 23.0 Å². The molecule has 1 atom stereocenters. The molecule has 3 heterocycles. The Bertz CT molecular complexity index is 1220. The molecule has 2 N–H and O–H groups in total. The number of H-pyrrole nitrogens is 1. The second kappa shape index (κ2) is 8.54. The fourth-order valence-corrected chi connectivity index (χ4v) is 6.17. The molecule has 1 aromatic carbocycles. The molecule has 2 aromatic heterocycles. The topological polar surface area (TPSA) is 78.1 Å². The summed E-state index contributed by atoms with van der Waals surface area (Å²) in [5.41, 5.74) is 1.73. The molecule has 1 saturated heterocycles. The second-order valence-corrected chi connectivity index (χ2v) is 10.0. The number of likely N-dealkylation sites (tertiary alicyclic amines) is 1. The third-order valence-electron chi connectivity index (χ3n) is 6.08. The summed E-state index contributed by atoms with van der Waals surface area (Å²) in [5.74, 6) is 0.531. The lowest BCUT2D eigenvalue weighted by Gasteiger charge is -2.34. The number of benzene rings is 1. The van der Waals surface area contributed by atoms with E-state index >= 15 is 0 Å². The smallest absolute Gasteiger partial charge is 0.259 e. The quantitative estimate of drug-likeness (QED) is 0.568. The standard InChI is InChI=1S/C22H22Cl2N4O2S/c23-14-8-7-12(10-15(14)24)25-20(29)16-5-1-2-9-28(16)11-18-26-21(30)19-13-4-3-6-17(13)31-22(19)27-18/h7-8,10,16H,1-6,9,11H2,(H,25,29)(H,26,27,30)/t16-/m1/s1. The minimum atomic E-state index is -0.294. The van der Waals surface area contributed by atoms with E-state index in [2.05, 4.69) is 15.2 Å². The zero-order valence-corrected chi connectivity index (χ0v) is 19.2. The van der Waals surface area contributed by atoms with Crippen molar-refractivity contribution < 1.29 is 4.79 Å². The predicted molar refractivity (Wildman–Crippen MR) is 125 cm³/mol. The Hall–Kier alpha value is -1.93. The van der Waals surface area contributed by atoms with Gasteiger partial charge in [0, 0.05) is 10.6 Å². The number of halogens is 2. The molecule has 3 aromatic rings. The molecule has 5 rings (SSSR count). The van der Waals surface area contributed by atoms with E-state index in [1.165, 1.54) is 10.4 Å². The van der Waals surface area contributed by atoms with Gasteiger partial charge in [0.1, 0.15) is 10.7 Å². The largest absolute Gasteiger partial charge is 0.325 e. The van der Waals surface area contributed by atoms with E-state index in [0.717, 1.165) is 55.3 Å². The maximum absolute atomic E-state index is 13.0. The van der Waals surface area contributed by atoms with Gasteiger partial charge < -0.3 is 10.3 Å². The zero-order valence-electron chi connectivity index (χ0n) is 16.8. The van der Waals surface area contributed by atoms with Crippen molar-refractivity contribution in [3.63, 3.8) is 0 Å². The molecule has 0 spiro atoms. The highest BCUT2D eigenvalue weighted by molar-refractivity contribution is 7.18. The number of anilines is 1. The molecule has 1 aliphatic carbocycles. The SMILES string of the molecule is O=C(Nc1ccc(Cl)c(Cl)c1)[C@H]1CCCCN1Cc1nc2sc3c(c2c(=O)[nH]1)CCC3. The molecule has 2 aliphatic rings. The zero-order chi connectivity index (χ0) is 21.5. The van der Waals surface area contributed by atoms with Crippen LogP contribution in [0.2, 0.25) is 10.0 Å². The van der Waals surface area contributed by atoms with Gasteiger partial charge in [-0.15, -0.1) is 11.3 Å². The van der Waals surface area contributed by atoms with Crippen LogP contribution in [0.4, 0.5) is 5.69 Å². The Morgan fingerprint density at radius 3 is 2.94 bits per heavy atom. The first kappa shape index (κ1) is 20.9. The number of nitrogens with zero attached hydrogens (tertiary/aromatic N) is 2. The number of aryl methyl sites for hydroxylation is 2. The number of aromatic amines is 1. The van der Waals surface area contributed by atoms with Crippen molar-refractivity contribution in [1.29, 1.82) is 0 Å². The normalized spacial score (nSPS) is 19.0. The van der Waals surface area contributed by atoms with Crippen LogP contribution in [0.25, 0.3) is 10.2 Å². The maximum Gasteiger partial charge on any atom is 0.259 e. The second-order valence-electron chi connectivity index (χ2n) is 8.15. The van der Waals surface area contributed by atoms with Crippen molar-refractivity contribution in [3.05, 3.63) is 54.9 Å². The number of carbonyl (C=O) groups is 1. The summed E-state index contributed by atoms with van der Waals surface area (Å²) in [6, 6.07) is 4.76. The van der Waals surface area contributed by atoms with Crippen LogP contribution in [-0.2, 0) is 24.2 Å². The van der Waals surface area contributed by atoms with E-state index in [9.17, 15) is 9.59 Å². The summed E-state index contributed by atoms with van der Waals surface area (Å²) in [4.78, 5) is 37.7. The molecular formula is C22H22Cl2N4O2S. The highest BCUT2D eigenvalue weighted by Crippen LogP contribution is 2.34. The number of nitrogens with one attached hydrogen (secondary N) is 2. The number of piperidine rings is 1. The fraction of sp³-hybridized carbons (Fsp3) is 0.409. The van der Waals surface area contributed by atoms with Gasteiger partial charge >= 0.3 is 0 Å². The lowest BCUT2D eigenvalue weighted by Crippen LogP contribution is -2.47. The van der Waals surface area contributed by atoms with Crippen molar-refractivity contribution >= 4 is 56.3 Å². The molecule has 1 aliphatic heterocycles. The monoisotopic (exact) mass is 476 g/mol. The molecule has 1 amide bonds. The molecule has 0 radical (unpaired) electrons. The van der Waals surface area contributed by atoms with Crippen LogP contribution in [0.5, 0.6) is 0 Å². The summed E-state index contributed by atoms with van der Waals surface area (Å²) in [5, 5.41) is 4.56. The molecule has 31 heavy (non-hydrogen) atoms. The van der Waals surface area contributed by atoms with Crippen molar-refractivity contribution in [2.75, 3.05) is 11.9 Å². The van der Waals surface area contributed by atoms with E-state index in [1.807, 2.05) is 0 Å². The summed E-state index contributed by atoms with van der Waals surface area (Å²) in [7, 11) is 0. The number of thiophene rings is 1. The van der Waals surface area contributed by atoms with Gasteiger partial charge in [0.25, 0.3) is 5.56 Å². The number of hydrogen-bond acceptors (Lipinski definition) is 5. The van der Waals surface area contributed by atoms with Gasteiger partial charge in [0.15, 0.2) is 0 Å². The highest BCUT2D eigenvalue weighted by Gasteiger charge is 2.30. The van der Waals surface area contributed by atoms with Gasteiger partial charge in [-0.25, -0.2) is 4.98 Å². The Balaban J connectivity index is 1.36. The van der Waals surface area contributed by atoms with Crippen LogP contribution in [0.3, 0.4) is 0 Å². The van der Waals surface area contributed by atoms with Gasteiger partial charge in [-0.05, 0) is 62.4 Å². The van der Waals surface area contributed by atoms with Crippen LogP contribution < -0.4 is 10.9 Å². The van der Waals surface area contributed by atoms with Crippen molar-refractivity contribution in [2.24, 2.45) is 0 Å². The fourth-order valence-electron chi connectivity index (χ4n) is 4.59. The average molecular weight is 477 g/mol. The maximum atomic E-state index is 13.0. The number of amides is 1. The first-order valence-corrected chi connectivity index (χ1v) is 12.1. The van der Waals surface area contributed by atoms with E-state index in [0.29, 0.717) is 28.1 Å². The molecule has 0 unspecified atom stereocenters. The van der Waals surface area contributed by atoms with Crippen molar-refractivity contribution in [3.8, 4) is 0 Å². The van der Waals surface area contributed by atoms with Gasteiger partial charge in [-0.2, -0.15) is 0 Å². The molecule has 0 bridgehead atoms. The number of hydrogen-bond donors (Lipinski definition) is 2. The van der Waals surface area contributed by atoms with Crippen LogP contribution in [-0.4, -0.2) is 33.4 Å². The van der Waals surface area contributed by atoms with E-state index in [-0.39, 0.29) is 17.5 Å². The molecule has 1 fully saturated rings. The van der Waals surface area contributed by atoms with Crippen LogP contribution >= 0.6 is 34.5 Å². The molecule has 0 saturated carbocycles. The number of carbonyl (C=O) groups excluding carboxylic acids is 1. The van der Waals surface area contributed by atoms with Gasteiger partial charge in [0.05, 0.1) is 28.0 Å². The van der Waals surface area contributed by atoms with Crippen molar-refractivity contribution in [2.45, 2.75) is 51.1 Å². The summed E-state index contributed by atoms with van der Waals surface area (Å²) in [6.45, 7) is 1.22.